The van der Waals surface area contributed by atoms with Crippen LogP contribution in [0.4, 0.5) is 0 Å². The van der Waals surface area contributed by atoms with E-state index in [2.05, 4.69) is 11.7 Å². The van der Waals surface area contributed by atoms with Crippen LogP contribution in [0.3, 0.4) is 0 Å². The Kier molecular flexibility index (Phi) is 21.1. The molecule has 0 atom stereocenters. The van der Waals surface area contributed by atoms with E-state index in [9.17, 15) is 4.79 Å². The van der Waals surface area contributed by atoms with Crippen molar-refractivity contribution in [2.75, 3.05) is 7.11 Å². The normalized spacial score (nSPS) is 8.18. The molecule has 0 radical (unpaired) electrons. The molecular weight excluding hydrogens is 308 g/mol. The quantitative estimate of drug-likeness (QED) is 0.261. The Balaban J connectivity index is -0.000000320. The molecule has 0 amide bonds. The monoisotopic (exact) mass is 319 g/mol. The predicted octanol–water partition coefficient (Wildman–Crippen LogP) is 1.95. The molecule has 4 heteroatoms. The minimum absolute atomic E-state index is 0. The van der Waals surface area contributed by atoms with Gasteiger partial charge in [-0.1, -0.05) is 12.5 Å². The van der Waals surface area contributed by atoms with Crippen molar-refractivity contribution in [2.45, 2.75) is 12.8 Å². The number of unbranched alkanes of at least 4 members (excludes halogenated alkanes) is 1. The van der Waals surface area contributed by atoms with Gasteiger partial charge < -0.3 is 11.7 Å². The number of carbonyl (C=O) groups excluding carboxylic acids is 1. The van der Waals surface area contributed by atoms with Gasteiger partial charge in [-0.15, -0.1) is 24.0 Å². The van der Waals surface area contributed by atoms with Crippen molar-refractivity contribution >= 4 is 29.9 Å². The molecular formula is C7H12IO2Zn-. The number of ether oxygens (including phenoxy) is 1. The van der Waals surface area contributed by atoms with Crippen molar-refractivity contribution in [1.82, 2.24) is 0 Å². The van der Waals surface area contributed by atoms with Crippen LogP contribution in [0.25, 0.3) is 0 Å². The molecule has 0 heterocycles. The molecule has 0 spiro atoms. The van der Waals surface area contributed by atoms with Crippen molar-refractivity contribution in [3.8, 4) is 0 Å². The molecule has 0 aromatic rings. The van der Waals surface area contributed by atoms with Crippen LogP contribution >= 0.6 is 24.0 Å². The summed E-state index contributed by atoms with van der Waals surface area (Å²) >= 11 is 0. The van der Waals surface area contributed by atoms with Gasteiger partial charge in [-0.25, -0.2) is 4.79 Å². The smallest absolute Gasteiger partial charge is 0.330 e. The second kappa shape index (κ2) is 13.2. The molecule has 0 aliphatic rings. The Morgan fingerprint density at radius 2 is 2.18 bits per heavy atom. The number of rotatable bonds is 3. The van der Waals surface area contributed by atoms with Gasteiger partial charge in [0.1, 0.15) is 0 Å². The second-order valence-electron chi connectivity index (χ2n) is 1.57. The van der Waals surface area contributed by atoms with E-state index in [1.165, 1.54) is 13.2 Å². The van der Waals surface area contributed by atoms with Crippen molar-refractivity contribution in [2.24, 2.45) is 0 Å². The SMILES string of the molecule is I.[CH2-]CCC=CC(=O)OC.[Zn]. The topological polar surface area (TPSA) is 26.3 Å². The largest absolute Gasteiger partial charge is 0.466 e. The summed E-state index contributed by atoms with van der Waals surface area (Å²) in [6, 6.07) is 0. The third kappa shape index (κ3) is 13.5. The zero-order chi connectivity index (χ0) is 7.11. The number of hydrogen-bond donors (Lipinski definition) is 0. The van der Waals surface area contributed by atoms with Crippen LogP contribution in [0.2, 0.25) is 0 Å². The molecule has 0 unspecified atom stereocenters. The first-order valence-electron chi connectivity index (χ1n) is 2.85. The molecule has 0 rings (SSSR count). The van der Waals surface area contributed by atoms with E-state index >= 15 is 0 Å². The molecule has 0 N–H and O–H groups in total. The average molecular weight is 320 g/mol. The standard InChI is InChI=1S/C7H11O2.HI.Zn/c1-3-4-5-6-7(8)9-2;;/h5-6H,1,3-4H2,2H3;1H;/q-1;;. The number of allylic oxidation sites excluding steroid dienone is 1. The maximum atomic E-state index is 10.4. The Morgan fingerprint density at radius 1 is 1.64 bits per heavy atom. The molecule has 0 aliphatic carbocycles. The Morgan fingerprint density at radius 3 is 2.55 bits per heavy atom. The van der Waals surface area contributed by atoms with Crippen molar-refractivity contribution in [1.29, 1.82) is 0 Å². The van der Waals surface area contributed by atoms with E-state index in [1.54, 1.807) is 6.08 Å². The Hall–Kier alpha value is 0.563. The van der Waals surface area contributed by atoms with E-state index in [0.29, 0.717) is 0 Å². The van der Waals surface area contributed by atoms with Gasteiger partial charge in [0.2, 0.25) is 0 Å². The summed E-state index contributed by atoms with van der Waals surface area (Å²) in [6.45, 7) is 3.60. The molecule has 0 bridgehead atoms. The van der Waals surface area contributed by atoms with Gasteiger partial charge in [-0.2, -0.15) is 6.42 Å². The van der Waals surface area contributed by atoms with Crippen LogP contribution in [-0.2, 0) is 29.0 Å². The molecule has 2 nitrogen and oxygen atoms in total. The number of hydrogen-bond acceptors (Lipinski definition) is 2. The number of methoxy groups -OCH3 is 1. The zero-order valence-electron chi connectivity index (χ0n) is 6.71. The van der Waals surface area contributed by atoms with Crippen LogP contribution in [0.5, 0.6) is 0 Å². The van der Waals surface area contributed by atoms with Gasteiger partial charge in [-0.3, -0.25) is 0 Å². The summed E-state index contributed by atoms with van der Waals surface area (Å²) in [4.78, 5) is 10.4. The van der Waals surface area contributed by atoms with E-state index in [0.717, 1.165) is 12.8 Å². The minimum Gasteiger partial charge on any atom is -0.466 e. The maximum absolute atomic E-state index is 10.4. The Bertz CT molecular complexity index is 115. The van der Waals surface area contributed by atoms with Crippen molar-refractivity contribution < 1.29 is 29.0 Å². The number of halogens is 1. The van der Waals surface area contributed by atoms with Crippen LogP contribution < -0.4 is 0 Å². The van der Waals surface area contributed by atoms with Gasteiger partial charge in [-0.05, 0) is 0 Å². The second-order valence-corrected chi connectivity index (χ2v) is 1.57. The first-order chi connectivity index (χ1) is 4.31. The molecule has 0 aromatic carbocycles. The first kappa shape index (κ1) is 17.6. The zero-order valence-corrected chi connectivity index (χ0v) is 12.0. The van der Waals surface area contributed by atoms with E-state index in [-0.39, 0.29) is 49.4 Å². The van der Waals surface area contributed by atoms with Crippen molar-refractivity contribution in [3.05, 3.63) is 19.1 Å². The third-order valence-electron chi connectivity index (χ3n) is 0.826. The molecule has 0 aliphatic heterocycles. The Labute approximate surface area is 97.5 Å². The van der Waals surface area contributed by atoms with Crippen LogP contribution in [0.15, 0.2) is 12.2 Å². The molecule has 0 saturated heterocycles. The first-order valence-corrected chi connectivity index (χ1v) is 2.85. The summed E-state index contributed by atoms with van der Waals surface area (Å²) < 4.78 is 4.35. The maximum Gasteiger partial charge on any atom is 0.330 e. The van der Waals surface area contributed by atoms with Crippen LogP contribution in [0.1, 0.15) is 12.8 Å². The van der Waals surface area contributed by atoms with Gasteiger partial charge in [0.25, 0.3) is 0 Å². The summed E-state index contributed by atoms with van der Waals surface area (Å²) in [5, 5.41) is 0. The van der Waals surface area contributed by atoms with Crippen LogP contribution in [0, 0.1) is 6.92 Å². The molecule has 62 valence electrons. The number of carbonyl (C=O) groups is 1. The molecule has 0 fully saturated rings. The summed E-state index contributed by atoms with van der Waals surface area (Å²) in [6.07, 6.45) is 4.80. The molecule has 11 heavy (non-hydrogen) atoms. The van der Waals surface area contributed by atoms with Gasteiger partial charge >= 0.3 is 5.97 Å². The van der Waals surface area contributed by atoms with E-state index in [4.69, 9.17) is 0 Å². The minimum atomic E-state index is -0.302. The van der Waals surface area contributed by atoms with Gasteiger partial charge in [0.05, 0.1) is 7.11 Å². The summed E-state index contributed by atoms with van der Waals surface area (Å²) in [5.74, 6) is -0.302. The fourth-order valence-electron chi connectivity index (χ4n) is 0.365. The fourth-order valence-corrected chi connectivity index (χ4v) is 0.365. The van der Waals surface area contributed by atoms with Crippen LogP contribution in [-0.4, -0.2) is 13.1 Å². The average Bonchev–Trinajstić information content (AvgIpc) is 1.89. The third-order valence-corrected chi connectivity index (χ3v) is 0.826. The van der Waals surface area contributed by atoms with E-state index < -0.39 is 0 Å². The predicted molar refractivity (Wildman–Crippen MR) is 51.2 cm³/mol. The summed E-state index contributed by atoms with van der Waals surface area (Å²) in [7, 11) is 1.36. The molecule has 0 saturated carbocycles. The number of esters is 1. The van der Waals surface area contributed by atoms with Gasteiger partial charge in [0.15, 0.2) is 0 Å². The summed E-state index contributed by atoms with van der Waals surface area (Å²) in [5.41, 5.74) is 0. The van der Waals surface area contributed by atoms with E-state index in [1.807, 2.05) is 0 Å². The fraction of sp³-hybridized carbons (Fsp3) is 0.429. The van der Waals surface area contributed by atoms with Gasteiger partial charge in [0, 0.05) is 25.6 Å². The van der Waals surface area contributed by atoms with Crippen molar-refractivity contribution in [3.63, 3.8) is 0 Å². The molecule has 0 aromatic heterocycles.